The van der Waals surface area contributed by atoms with Gasteiger partial charge >= 0.3 is 0 Å². The van der Waals surface area contributed by atoms with Gasteiger partial charge in [0, 0.05) is 24.5 Å². The highest BCUT2D eigenvalue weighted by Crippen LogP contribution is 2.23. The molecule has 1 atom stereocenters. The Bertz CT molecular complexity index is 541. The molecule has 1 aromatic carbocycles. The smallest absolute Gasteiger partial charge is 0.127 e. The lowest BCUT2D eigenvalue weighted by Crippen LogP contribution is -2.31. The molecular weight excluding hydrogens is 255 g/mol. The first-order valence-corrected chi connectivity index (χ1v) is 5.87. The van der Waals surface area contributed by atoms with Crippen LogP contribution in [0.3, 0.4) is 0 Å². The lowest BCUT2D eigenvalue weighted by Gasteiger charge is -2.16. The number of aryl methyl sites for hydroxylation is 1. The largest absolute Gasteiger partial charge is 0.337 e. The Kier molecular flexibility index (Phi) is 3.96. The number of aromatic nitrogens is 2. The molecule has 2 rings (SSSR count). The molecule has 0 aliphatic carbocycles. The molecule has 18 heavy (non-hydrogen) atoms. The molecule has 3 N–H and O–H groups in total. The molecule has 2 aromatic rings. The number of hydrazine groups is 1. The summed E-state index contributed by atoms with van der Waals surface area (Å²) in [5.41, 5.74) is 3.37. The minimum absolute atomic E-state index is 0.218. The van der Waals surface area contributed by atoms with Gasteiger partial charge in [0.25, 0.3) is 0 Å². The van der Waals surface area contributed by atoms with Crippen LogP contribution in [0.15, 0.2) is 30.6 Å². The lowest BCUT2D eigenvalue weighted by atomic mass is 10.1. The van der Waals surface area contributed by atoms with Gasteiger partial charge in [-0.15, -0.1) is 0 Å². The first-order valence-electron chi connectivity index (χ1n) is 5.49. The minimum atomic E-state index is -0.315. The van der Waals surface area contributed by atoms with Crippen molar-refractivity contribution < 1.29 is 4.39 Å². The van der Waals surface area contributed by atoms with E-state index in [4.69, 9.17) is 17.4 Å². The van der Waals surface area contributed by atoms with Crippen molar-refractivity contribution in [1.82, 2.24) is 15.0 Å². The van der Waals surface area contributed by atoms with Gasteiger partial charge in [-0.1, -0.05) is 11.6 Å². The maximum atomic E-state index is 13.2. The molecule has 0 aliphatic heterocycles. The molecule has 0 amide bonds. The van der Waals surface area contributed by atoms with E-state index in [1.54, 1.807) is 6.20 Å². The van der Waals surface area contributed by atoms with Gasteiger partial charge in [-0.3, -0.25) is 5.84 Å². The van der Waals surface area contributed by atoms with Crippen LogP contribution in [0.5, 0.6) is 0 Å². The summed E-state index contributed by atoms with van der Waals surface area (Å²) in [6.07, 6.45) is 3.98. The zero-order valence-corrected chi connectivity index (χ0v) is 10.7. The average Bonchev–Trinajstić information content (AvgIpc) is 2.77. The number of imidazole rings is 1. The predicted molar refractivity (Wildman–Crippen MR) is 68.4 cm³/mol. The molecule has 1 unspecified atom stereocenters. The van der Waals surface area contributed by atoms with Crippen LogP contribution in [0.25, 0.3) is 0 Å². The molecule has 0 aliphatic rings. The SMILES string of the molecule is Cn1ccnc1C(Cc1cc(F)ccc1Cl)NN. The number of benzene rings is 1. The van der Waals surface area contributed by atoms with E-state index in [2.05, 4.69) is 10.4 Å². The van der Waals surface area contributed by atoms with E-state index >= 15 is 0 Å². The van der Waals surface area contributed by atoms with E-state index in [0.717, 1.165) is 5.82 Å². The lowest BCUT2D eigenvalue weighted by molar-refractivity contribution is 0.505. The van der Waals surface area contributed by atoms with Crippen molar-refractivity contribution in [3.63, 3.8) is 0 Å². The van der Waals surface area contributed by atoms with Crippen LogP contribution in [0.2, 0.25) is 5.02 Å². The highest BCUT2D eigenvalue weighted by atomic mass is 35.5. The fraction of sp³-hybridized carbons (Fsp3) is 0.250. The van der Waals surface area contributed by atoms with E-state index in [9.17, 15) is 4.39 Å². The second-order valence-electron chi connectivity index (χ2n) is 4.06. The third kappa shape index (κ3) is 2.69. The molecule has 0 saturated carbocycles. The van der Waals surface area contributed by atoms with Crippen molar-refractivity contribution in [2.75, 3.05) is 0 Å². The molecular formula is C12H14ClFN4. The van der Waals surface area contributed by atoms with Crippen molar-refractivity contribution in [2.24, 2.45) is 12.9 Å². The average molecular weight is 269 g/mol. The maximum absolute atomic E-state index is 13.2. The van der Waals surface area contributed by atoms with Crippen LogP contribution in [-0.4, -0.2) is 9.55 Å². The first-order chi connectivity index (χ1) is 8.61. The van der Waals surface area contributed by atoms with Gasteiger partial charge in [-0.05, 0) is 30.2 Å². The van der Waals surface area contributed by atoms with Gasteiger partial charge in [-0.25, -0.2) is 14.8 Å². The standard InChI is InChI=1S/C12H14ClFN4/c1-18-5-4-16-12(18)11(17-15)7-8-6-9(14)2-3-10(8)13/h2-6,11,17H,7,15H2,1H3. The fourth-order valence-electron chi connectivity index (χ4n) is 1.86. The van der Waals surface area contributed by atoms with E-state index in [1.165, 1.54) is 18.2 Å². The molecule has 1 aromatic heterocycles. The van der Waals surface area contributed by atoms with Crippen LogP contribution in [0, 0.1) is 5.82 Å². The Labute approximate surface area is 110 Å². The van der Waals surface area contributed by atoms with E-state index in [-0.39, 0.29) is 11.9 Å². The van der Waals surface area contributed by atoms with Crippen LogP contribution in [-0.2, 0) is 13.5 Å². The van der Waals surface area contributed by atoms with Crippen LogP contribution >= 0.6 is 11.6 Å². The molecule has 0 spiro atoms. The number of nitrogens with zero attached hydrogens (tertiary/aromatic N) is 2. The van der Waals surface area contributed by atoms with Gasteiger partial charge in [-0.2, -0.15) is 0 Å². The zero-order valence-electron chi connectivity index (χ0n) is 9.90. The van der Waals surface area contributed by atoms with Crippen molar-refractivity contribution in [3.8, 4) is 0 Å². The van der Waals surface area contributed by atoms with Gasteiger partial charge in [0.15, 0.2) is 0 Å². The van der Waals surface area contributed by atoms with Crippen molar-refractivity contribution >= 4 is 11.6 Å². The topological polar surface area (TPSA) is 55.9 Å². The maximum Gasteiger partial charge on any atom is 0.127 e. The molecule has 4 nitrogen and oxygen atoms in total. The fourth-order valence-corrected chi connectivity index (χ4v) is 2.05. The van der Waals surface area contributed by atoms with Crippen molar-refractivity contribution in [3.05, 3.63) is 52.8 Å². The summed E-state index contributed by atoms with van der Waals surface area (Å²) in [6, 6.07) is 4.06. The summed E-state index contributed by atoms with van der Waals surface area (Å²) in [6.45, 7) is 0. The van der Waals surface area contributed by atoms with Gasteiger partial charge in [0.05, 0.1) is 6.04 Å². The molecule has 96 valence electrons. The van der Waals surface area contributed by atoms with Gasteiger partial charge < -0.3 is 4.57 Å². The monoisotopic (exact) mass is 268 g/mol. The van der Waals surface area contributed by atoms with Crippen LogP contribution in [0.1, 0.15) is 17.4 Å². The Morgan fingerprint density at radius 2 is 2.33 bits per heavy atom. The predicted octanol–water partition coefficient (Wildman–Crippen LogP) is 1.96. The van der Waals surface area contributed by atoms with Crippen LogP contribution in [0.4, 0.5) is 4.39 Å². The normalized spacial score (nSPS) is 12.7. The first kappa shape index (κ1) is 13.0. The minimum Gasteiger partial charge on any atom is -0.337 e. The van der Waals surface area contributed by atoms with E-state index < -0.39 is 0 Å². The second-order valence-corrected chi connectivity index (χ2v) is 4.46. The summed E-state index contributed by atoms with van der Waals surface area (Å²) < 4.78 is 15.1. The molecule has 6 heteroatoms. The Balaban J connectivity index is 2.26. The summed E-state index contributed by atoms with van der Waals surface area (Å²) in [4.78, 5) is 4.22. The second kappa shape index (κ2) is 5.48. The Hall–Kier alpha value is -1.43. The Morgan fingerprint density at radius 3 is 2.94 bits per heavy atom. The van der Waals surface area contributed by atoms with E-state index in [0.29, 0.717) is 17.0 Å². The third-order valence-corrected chi connectivity index (χ3v) is 3.17. The number of hydrogen-bond donors (Lipinski definition) is 2. The van der Waals surface area contributed by atoms with E-state index in [1.807, 2.05) is 17.8 Å². The summed E-state index contributed by atoms with van der Waals surface area (Å²) in [5, 5.41) is 0.519. The number of halogens is 2. The third-order valence-electron chi connectivity index (χ3n) is 2.80. The highest BCUT2D eigenvalue weighted by molar-refractivity contribution is 6.31. The number of nitrogens with two attached hydrogens (primary N) is 1. The van der Waals surface area contributed by atoms with Crippen LogP contribution < -0.4 is 11.3 Å². The number of rotatable bonds is 4. The highest BCUT2D eigenvalue weighted by Gasteiger charge is 2.16. The summed E-state index contributed by atoms with van der Waals surface area (Å²) in [5.74, 6) is 5.99. The summed E-state index contributed by atoms with van der Waals surface area (Å²) >= 11 is 6.04. The molecule has 0 saturated heterocycles. The number of nitrogens with one attached hydrogen (secondary N) is 1. The zero-order chi connectivity index (χ0) is 13.1. The Morgan fingerprint density at radius 1 is 1.56 bits per heavy atom. The molecule has 0 fully saturated rings. The summed E-state index contributed by atoms with van der Waals surface area (Å²) in [7, 11) is 1.87. The quantitative estimate of drug-likeness (QED) is 0.658. The van der Waals surface area contributed by atoms with Gasteiger partial charge in [0.1, 0.15) is 11.6 Å². The van der Waals surface area contributed by atoms with Crippen molar-refractivity contribution in [1.29, 1.82) is 0 Å². The molecule has 0 radical (unpaired) electrons. The molecule has 1 heterocycles. The van der Waals surface area contributed by atoms with Crippen molar-refractivity contribution in [2.45, 2.75) is 12.5 Å². The number of hydrogen-bond acceptors (Lipinski definition) is 3. The molecule has 0 bridgehead atoms. The van der Waals surface area contributed by atoms with Gasteiger partial charge in [0.2, 0.25) is 0 Å².